The van der Waals surface area contributed by atoms with E-state index in [4.69, 9.17) is 28.9 Å². The molecule has 1 aromatic carbocycles. The van der Waals surface area contributed by atoms with Gasteiger partial charge >= 0.3 is 0 Å². The summed E-state index contributed by atoms with van der Waals surface area (Å²) in [5.74, 6) is -0.499. The van der Waals surface area contributed by atoms with E-state index < -0.39 is 5.91 Å². The van der Waals surface area contributed by atoms with Gasteiger partial charge in [0.1, 0.15) is 4.49 Å². The highest BCUT2D eigenvalue weighted by Crippen LogP contribution is 2.16. The lowest BCUT2D eigenvalue weighted by atomic mass is 10.1. The molecule has 0 aliphatic rings. The molecule has 0 aromatic heterocycles. The molecule has 0 fully saturated rings. The highest BCUT2D eigenvalue weighted by atomic mass is 35.5. The fourth-order valence-corrected chi connectivity index (χ4v) is 1.20. The lowest BCUT2D eigenvalue weighted by Crippen LogP contribution is -2.12. The van der Waals surface area contributed by atoms with Crippen LogP contribution in [0.5, 0.6) is 0 Å². The zero-order chi connectivity index (χ0) is 9.84. The van der Waals surface area contributed by atoms with Crippen molar-refractivity contribution in [2.75, 3.05) is 0 Å². The van der Waals surface area contributed by atoms with Crippen molar-refractivity contribution in [2.45, 2.75) is 0 Å². The molecule has 0 bridgehead atoms. The number of amides is 1. The Morgan fingerprint density at radius 1 is 1.31 bits per heavy atom. The third kappa shape index (κ3) is 2.76. The van der Waals surface area contributed by atoms with E-state index in [1.807, 2.05) is 0 Å². The van der Waals surface area contributed by atoms with Crippen LogP contribution in [0.15, 0.2) is 28.8 Å². The third-order valence-electron chi connectivity index (χ3n) is 1.49. The Kier molecular flexibility index (Phi) is 3.34. The lowest BCUT2D eigenvalue weighted by molar-refractivity contribution is 0.1000. The molecule has 1 rings (SSSR count). The second-order valence-corrected chi connectivity index (χ2v) is 3.39. The molecule has 0 spiro atoms. The molecule has 0 unspecified atom stereocenters. The highest BCUT2D eigenvalue weighted by Gasteiger charge is 2.04. The van der Waals surface area contributed by atoms with E-state index in [-0.39, 0.29) is 4.49 Å². The lowest BCUT2D eigenvalue weighted by Gasteiger charge is -2.00. The van der Waals surface area contributed by atoms with Crippen molar-refractivity contribution in [3.05, 3.63) is 39.9 Å². The van der Waals surface area contributed by atoms with Crippen LogP contribution in [0.3, 0.4) is 0 Å². The fraction of sp³-hybridized carbons (Fsp3) is 0. The minimum Gasteiger partial charge on any atom is -0.366 e. The van der Waals surface area contributed by atoms with Gasteiger partial charge in [0, 0.05) is 5.56 Å². The van der Waals surface area contributed by atoms with Crippen LogP contribution in [0, 0.1) is 0 Å². The molecule has 0 heterocycles. The average molecular weight is 216 g/mol. The quantitative estimate of drug-likeness (QED) is 0.810. The number of halogens is 2. The van der Waals surface area contributed by atoms with E-state index in [0.29, 0.717) is 11.1 Å². The van der Waals surface area contributed by atoms with Gasteiger partial charge in [0.25, 0.3) is 0 Å². The molecule has 0 aliphatic carbocycles. The van der Waals surface area contributed by atoms with Crippen LogP contribution in [0.1, 0.15) is 15.9 Å². The molecule has 0 saturated heterocycles. The van der Waals surface area contributed by atoms with Crippen molar-refractivity contribution in [3.63, 3.8) is 0 Å². The summed E-state index contributed by atoms with van der Waals surface area (Å²) in [5, 5.41) is 0. The molecule has 2 nitrogen and oxygen atoms in total. The zero-order valence-electron chi connectivity index (χ0n) is 6.63. The molecule has 4 heteroatoms. The molecule has 2 N–H and O–H groups in total. The first kappa shape index (κ1) is 10.1. The van der Waals surface area contributed by atoms with E-state index in [2.05, 4.69) is 0 Å². The molecule has 0 saturated carbocycles. The molecule has 0 radical (unpaired) electrons. The second-order valence-electron chi connectivity index (χ2n) is 2.39. The Morgan fingerprint density at radius 3 is 2.46 bits per heavy atom. The molecule has 0 atom stereocenters. The van der Waals surface area contributed by atoms with Gasteiger partial charge in [0.05, 0.1) is 0 Å². The largest absolute Gasteiger partial charge is 0.366 e. The SMILES string of the molecule is NC(=O)c1ccccc1C=C(Cl)Cl. The smallest absolute Gasteiger partial charge is 0.249 e. The average Bonchev–Trinajstić information content (AvgIpc) is 2.03. The van der Waals surface area contributed by atoms with Gasteiger partial charge in [-0.25, -0.2) is 0 Å². The van der Waals surface area contributed by atoms with Gasteiger partial charge in [-0.05, 0) is 17.7 Å². The normalized spacial score (nSPS) is 9.38. The first-order valence-electron chi connectivity index (χ1n) is 3.53. The second kappa shape index (κ2) is 4.30. The van der Waals surface area contributed by atoms with Crippen molar-refractivity contribution < 1.29 is 4.79 Å². The van der Waals surface area contributed by atoms with Gasteiger partial charge in [-0.2, -0.15) is 0 Å². The Bertz CT molecular complexity index is 356. The van der Waals surface area contributed by atoms with E-state index in [1.165, 1.54) is 6.08 Å². The van der Waals surface area contributed by atoms with E-state index in [0.717, 1.165) is 0 Å². The van der Waals surface area contributed by atoms with Crippen LogP contribution in [0.2, 0.25) is 0 Å². The van der Waals surface area contributed by atoms with Crippen molar-refractivity contribution in [2.24, 2.45) is 5.73 Å². The maximum Gasteiger partial charge on any atom is 0.249 e. The minimum atomic E-state index is -0.499. The summed E-state index contributed by atoms with van der Waals surface area (Å²) >= 11 is 10.9. The number of nitrogens with two attached hydrogens (primary N) is 1. The molecular formula is C9H7Cl2NO. The van der Waals surface area contributed by atoms with Gasteiger partial charge in [-0.3, -0.25) is 4.79 Å². The Labute approximate surface area is 85.9 Å². The van der Waals surface area contributed by atoms with Crippen molar-refractivity contribution in [3.8, 4) is 0 Å². The first-order chi connectivity index (χ1) is 6.11. The molecule has 68 valence electrons. The standard InChI is InChI=1S/C9H7Cl2NO/c10-8(11)5-6-3-1-2-4-7(6)9(12)13/h1-5H,(H2,12,13). The fourth-order valence-electron chi connectivity index (χ4n) is 0.965. The number of hydrogen-bond donors (Lipinski definition) is 1. The summed E-state index contributed by atoms with van der Waals surface area (Å²) in [7, 11) is 0. The Morgan fingerprint density at radius 2 is 1.92 bits per heavy atom. The maximum atomic E-state index is 10.9. The van der Waals surface area contributed by atoms with E-state index in [9.17, 15) is 4.79 Å². The molecular weight excluding hydrogens is 209 g/mol. The number of rotatable bonds is 2. The summed E-state index contributed by atoms with van der Waals surface area (Å²) in [6.45, 7) is 0. The van der Waals surface area contributed by atoms with E-state index in [1.54, 1.807) is 24.3 Å². The molecule has 1 aromatic rings. The monoisotopic (exact) mass is 215 g/mol. The number of carbonyl (C=O) groups excluding carboxylic acids is 1. The third-order valence-corrected chi connectivity index (χ3v) is 1.71. The highest BCUT2D eigenvalue weighted by molar-refractivity contribution is 6.57. The van der Waals surface area contributed by atoms with Crippen LogP contribution in [0.25, 0.3) is 6.08 Å². The van der Waals surface area contributed by atoms with Crippen molar-refractivity contribution >= 4 is 35.2 Å². The van der Waals surface area contributed by atoms with Crippen LogP contribution >= 0.6 is 23.2 Å². The van der Waals surface area contributed by atoms with Crippen LogP contribution in [-0.4, -0.2) is 5.91 Å². The number of carbonyl (C=O) groups is 1. The van der Waals surface area contributed by atoms with Gasteiger partial charge < -0.3 is 5.73 Å². The van der Waals surface area contributed by atoms with Crippen LogP contribution < -0.4 is 5.73 Å². The molecule has 1 amide bonds. The molecule has 0 aliphatic heterocycles. The number of benzene rings is 1. The molecule has 13 heavy (non-hydrogen) atoms. The van der Waals surface area contributed by atoms with Crippen LogP contribution in [-0.2, 0) is 0 Å². The van der Waals surface area contributed by atoms with Gasteiger partial charge in [0.15, 0.2) is 0 Å². The zero-order valence-corrected chi connectivity index (χ0v) is 8.14. The Balaban J connectivity index is 3.20. The van der Waals surface area contributed by atoms with E-state index >= 15 is 0 Å². The topological polar surface area (TPSA) is 43.1 Å². The minimum absolute atomic E-state index is 0.0914. The number of primary amides is 1. The Hall–Kier alpha value is -0.990. The summed E-state index contributed by atoms with van der Waals surface area (Å²) in [5.41, 5.74) is 6.16. The van der Waals surface area contributed by atoms with Crippen molar-refractivity contribution in [1.82, 2.24) is 0 Å². The predicted molar refractivity (Wildman–Crippen MR) is 54.6 cm³/mol. The van der Waals surface area contributed by atoms with Gasteiger partial charge in [0.2, 0.25) is 5.91 Å². The number of hydrogen-bond acceptors (Lipinski definition) is 1. The first-order valence-corrected chi connectivity index (χ1v) is 4.28. The summed E-state index contributed by atoms with van der Waals surface area (Å²) < 4.78 is 0.0914. The maximum absolute atomic E-state index is 10.9. The van der Waals surface area contributed by atoms with Crippen LogP contribution in [0.4, 0.5) is 0 Å². The van der Waals surface area contributed by atoms with Gasteiger partial charge in [-0.15, -0.1) is 0 Å². The summed E-state index contributed by atoms with van der Waals surface area (Å²) in [4.78, 5) is 10.9. The van der Waals surface area contributed by atoms with Crippen molar-refractivity contribution in [1.29, 1.82) is 0 Å². The summed E-state index contributed by atoms with van der Waals surface area (Å²) in [6.07, 6.45) is 1.48. The van der Waals surface area contributed by atoms with Gasteiger partial charge in [-0.1, -0.05) is 41.4 Å². The predicted octanol–water partition coefficient (Wildman–Crippen LogP) is 2.56. The summed E-state index contributed by atoms with van der Waals surface area (Å²) in [6, 6.07) is 6.82.